The Morgan fingerprint density at radius 2 is 2.19 bits per heavy atom. The fraction of sp³-hybridized carbons (Fsp3) is 0.500. The van der Waals surface area contributed by atoms with Gasteiger partial charge in [-0.1, -0.05) is 0 Å². The molecule has 0 spiro atoms. The molecule has 0 saturated carbocycles. The second-order valence-electron chi connectivity index (χ2n) is 7.13. The van der Waals surface area contributed by atoms with Crippen molar-refractivity contribution in [2.24, 2.45) is 11.8 Å². The molecule has 1 amide bonds. The van der Waals surface area contributed by atoms with E-state index < -0.39 is 0 Å². The molecule has 1 N–H and O–H groups in total. The third kappa shape index (κ3) is 3.68. The Hall–Kier alpha value is -2.81. The van der Waals surface area contributed by atoms with Crippen LogP contribution in [0, 0.1) is 11.8 Å². The predicted octanol–water partition coefficient (Wildman–Crippen LogP) is 0.214. The number of carbonyl (C=O) groups excluding carboxylic acids is 1. The molecule has 9 nitrogen and oxygen atoms in total. The minimum atomic E-state index is -0.201. The molecule has 2 fully saturated rings. The lowest BCUT2D eigenvalue weighted by Crippen LogP contribution is -2.34. The van der Waals surface area contributed by atoms with Crippen LogP contribution in [-0.4, -0.2) is 72.3 Å². The van der Waals surface area contributed by atoms with Crippen molar-refractivity contribution in [3.8, 4) is 0 Å². The molecule has 2 aromatic rings. The predicted molar refractivity (Wildman–Crippen MR) is 99.7 cm³/mol. The average molecular weight is 369 g/mol. The lowest BCUT2D eigenvalue weighted by Gasteiger charge is -2.22. The molecule has 4 rings (SSSR count). The summed E-state index contributed by atoms with van der Waals surface area (Å²) in [5, 5.41) is 2.96. The van der Waals surface area contributed by atoms with Crippen molar-refractivity contribution in [3.05, 3.63) is 36.7 Å². The number of aromatic nitrogens is 4. The molecule has 2 aromatic heterocycles. The van der Waals surface area contributed by atoms with Crippen LogP contribution >= 0.6 is 0 Å². The Morgan fingerprint density at radius 1 is 1.30 bits per heavy atom. The normalized spacial score (nSPS) is 23.9. The number of nitrogens with one attached hydrogen (secondary N) is 1. The third-order valence-electron chi connectivity index (χ3n) is 5.18. The first-order chi connectivity index (χ1) is 13.1. The highest BCUT2D eigenvalue weighted by atomic mass is 16.5. The van der Waals surface area contributed by atoms with Gasteiger partial charge in [-0.3, -0.25) is 9.78 Å². The van der Waals surface area contributed by atoms with E-state index in [4.69, 9.17) is 4.74 Å². The molecule has 0 aliphatic carbocycles. The summed E-state index contributed by atoms with van der Waals surface area (Å²) in [4.78, 5) is 33.0. The van der Waals surface area contributed by atoms with Crippen molar-refractivity contribution >= 4 is 17.5 Å². The van der Waals surface area contributed by atoms with Crippen molar-refractivity contribution in [3.63, 3.8) is 0 Å². The number of hydrogen-bond donors (Lipinski definition) is 1. The van der Waals surface area contributed by atoms with Gasteiger partial charge in [0.25, 0.3) is 5.91 Å². The van der Waals surface area contributed by atoms with Crippen LogP contribution in [0.1, 0.15) is 10.5 Å². The Morgan fingerprint density at radius 3 is 2.96 bits per heavy atom. The van der Waals surface area contributed by atoms with Gasteiger partial charge in [0.05, 0.1) is 18.9 Å². The largest absolute Gasteiger partial charge is 0.376 e. The summed E-state index contributed by atoms with van der Waals surface area (Å²) in [7, 11) is 3.92. The second kappa shape index (κ2) is 7.43. The maximum atomic E-state index is 12.2. The van der Waals surface area contributed by atoms with Crippen LogP contribution < -0.4 is 15.1 Å². The molecule has 2 aliphatic rings. The van der Waals surface area contributed by atoms with Gasteiger partial charge in [0.15, 0.2) is 0 Å². The number of fused-ring (bicyclic) bond motifs is 1. The Kier molecular flexibility index (Phi) is 4.85. The highest BCUT2D eigenvalue weighted by Gasteiger charge is 2.44. The molecule has 2 aliphatic heterocycles. The quantitative estimate of drug-likeness (QED) is 0.799. The van der Waals surface area contributed by atoms with Gasteiger partial charge >= 0.3 is 0 Å². The van der Waals surface area contributed by atoms with Gasteiger partial charge in [0.2, 0.25) is 0 Å². The number of ether oxygens (including phenoxy) is 1. The average Bonchev–Trinajstić information content (AvgIpc) is 3.28. The smallest absolute Gasteiger partial charge is 0.271 e. The van der Waals surface area contributed by atoms with Gasteiger partial charge in [0.1, 0.15) is 23.7 Å². The van der Waals surface area contributed by atoms with E-state index in [0.29, 0.717) is 24.8 Å². The van der Waals surface area contributed by atoms with E-state index in [9.17, 15) is 4.79 Å². The minimum Gasteiger partial charge on any atom is -0.376 e. The minimum absolute atomic E-state index is 0.168. The van der Waals surface area contributed by atoms with Crippen LogP contribution in [-0.2, 0) is 4.74 Å². The highest BCUT2D eigenvalue weighted by molar-refractivity contribution is 5.91. The summed E-state index contributed by atoms with van der Waals surface area (Å²) >= 11 is 0. The molecule has 4 heterocycles. The molecule has 9 heteroatoms. The molecular weight excluding hydrogens is 346 g/mol. The summed E-state index contributed by atoms with van der Waals surface area (Å²) in [6, 6.07) is 1.99. The first-order valence-corrected chi connectivity index (χ1v) is 9.02. The molecule has 0 unspecified atom stereocenters. The molecule has 0 aromatic carbocycles. The zero-order chi connectivity index (χ0) is 18.8. The zero-order valence-electron chi connectivity index (χ0n) is 15.4. The van der Waals surface area contributed by atoms with Crippen molar-refractivity contribution < 1.29 is 9.53 Å². The van der Waals surface area contributed by atoms with E-state index in [0.717, 1.165) is 24.7 Å². The number of hydrogen-bond acceptors (Lipinski definition) is 8. The third-order valence-corrected chi connectivity index (χ3v) is 5.18. The molecule has 3 atom stereocenters. The molecule has 0 radical (unpaired) electrons. The topological polar surface area (TPSA) is 96.4 Å². The Labute approximate surface area is 157 Å². The van der Waals surface area contributed by atoms with Crippen LogP contribution in [0.15, 0.2) is 31.0 Å². The molecule has 27 heavy (non-hydrogen) atoms. The standard InChI is InChI=1S/C18H23N7O2/c1-24(2)16-5-17(23-11-22-16)25-8-13-12(10-27-15(13)9-25)6-21-18(26)14-7-19-3-4-20-14/h3-5,7,11-13,15H,6,8-10H2,1-2H3,(H,21,26)/t12-,13+,15+/m1/s1. The number of anilines is 2. The van der Waals surface area contributed by atoms with E-state index in [1.54, 1.807) is 12.5 Å². The van der Waals surface area contributed by atoms with E-state index in [2.05, 4.69) is 30.2 Å². The fourth-order valence-electron chi connectivity index (χ4n) is 3.68. The lowest BCUT2D eigenvalue weighted by molar-refractivity contribution is 0.0934. The van der Waals surface area contributed by atoms with E-state index in [1.165, 1.54) is 12.4 Å². The Balaban J connectivity index is 1.37. The van der Waals surface area contributed by atoms with Crippen LogP contribution in [0.4, 0.5) is 11.6 Å². The fourth-order valence-corrected chi connectivity index (χ4v) is 3.68. The van der Waals surface area contributed by atoms with Gasteiger partial charge in [-0.25, -0.2) is 15.0 Å². The zero-order valence-corrected chi connectivity index (χ0v) is 15.4. The monoisotopic (exact) mass is 369 g/mol. The summed E-state index contributed by atoms with van der Waals surface area (Å²) in [6.07, 6.45) is 6.30. The van der Waals surface area contributed by atoms with Crippen molar-refractivity contribution in [2.45, 2.75) is 6.10 Å². The van der Waals surface area contributed by atoms with Crippen LogP contribution in [0.2, 0.25) is 0 Å². The summed E-state index contributed by atoms with van der Waals surface area (Å²) in [5.74, 6) is 2.23. The maximum absolute atomic E-state index is 12.2. The van der Waals surface area contributed by atoms with Gasteiger partial charge < -0.3 is 19.9 Å². The Bertz CT molecular complexity index is 801. The molecule has 0 bridgehead atoms. The van der Waals surface area contributed by atoms with Gasteiger partial charge in [0, 0.05) is 64.0 Å². The maximum Gasteiger partial charge on any atom is 0.271 e. The summed E-state index contributed by atoms with van der Waals surface area (Å²) < 4.78 is 5.98. The van der Waals surface area contributed by atoms with E-state index >= 15 is 0 Å². The van der Waals surface area contributed by atoms with E-state index in [-0.39, 0.29) is 17.9 Å². The van der Waals surface area contributed by atoms with Gasteiger partial charge in [-0.15, -0.1) is 0 Å². The van der Waals surface area contributed by atoms with Gasteiger partial charge in [-0.05, 0) is 0 Å². The number of carbonyl (C=O) groups is 1. The lowest BCUT2D eigenvalue weighted by atomic mass is 9.93. The number of amides is 1. The summed E-state index contributed by atoms with van der Waals surface area (Å²) in [5.41, 5.74) is 0.332. The second-order valence-corrected chi connectivity index (χ2v) is 7.13. The van der Waals surface area contributed by atoms with Crippen LogP contribution in [0.25, 0.3) is 0 Å². The first-order valence-electron chi connectivity index (χ1n) is 9.02. The van der Waals surface area contributed by atoms with Crippen molar-refractivity contribution in [1.29, 1.82) is 0 Å². The van der Waals surface area contributed by atoms with Gasteiger partial charge in [-0.2, -0.15) is 0 Å². The highest BCUT2D eigenvalue weighted by Crippen LogP contribution is 2.35. The first kappa shape index (κ1) is 17.6. The summed E-state index contributed by atoms with van der Waals surface area (Å²) in [6.45, 7) is 2.90. The number of rotatable bonds is 5. The van der Waals surface area contributed by atoms with Crippen LogP contribution in [0.3, 0.4) is 0 Å². The molecule has 142 valence electrons. The SMILES string of the molecule is CN(C)c1cc(N2C[C@H]3[C@H](CNC(=O)c4cnccn4)CO[C@H]3C2)ncn1. The van der Waals surface area contributed by atoms with E-state index in [1.807, 2.05) is 25.1 Å². The number of nitrogens with zero attached hydrogens (tertiary/aromatic N) is 6. The van der Waals surface area contributed by atoms with Crippen LogP contribution in [0.5, 0.6) is 0 Å². The molecule has 2 saturated heterocycles. The van der Waals surface area contributed by atoms with Crippen molar-refractivity contribution in [1.82, 2.24) is 25.3 Å². The van der Waals surface area contributed by atoms with Crippen molar-refractivity contribution in [2.75, 3.05) is 50.1 Å². The molecular formula is C18H23N7O2.